The number of methoxy groups -OCH3 is 1. The summed E-state index contributed by atoms with van der Waals surface area (Å²) in [7, 11) is 1.49. The number of hydrogen-bond donors (Lipinski definition) is 0. The van der Waals surface area contributed by atoms with Crippen molar-refractivity contribution < 1.29 is 9.53 Å². The highest BCUT2D eigenvalue weighted by Gasteiger charge is 1.89. The van der Waals surface area contributed by atoms with Gasteiger partial charge < -0.3 is 4.74 Å². The standard InChI is InChI=1S/C7H10O2/c1-3-4-5-7(8)6-9-2/h3-5H,1,6H2,2H3/b5-4+. The van der Waals surface area contributed by atoms with Crippen molar-refractivity contribution >= 4 is 5.78 Å². The van der Waals surface area contributed by atoms with Gasteiger partial charge in [0.1, 0.15) is 6.61 Å². The van der Waals surface area contributed by atoms with Crippen molar-refractivity contribution in [3.05, 3.63) is 24.8 Å². The fourth-order valence-electron chi connectivity index (χ4n) is 0.366. The van der Waals surface area contributed by atoms with Crippen LogP contribution in [0.1, 0.15) is 0 Å². The Morgan fingerprint density at radius 3 is 2.89 bits per heavy atom. The summed E-state index contributed by atoms with van der Waals surface area (Å²) in [5, 5.41) is 0. The summed E-state index contributed by atoms with van der Waals surface area (Å²) in [6.07, 6.45) is 4.56. The second-order valence-corrected chi connectivity index (χ2v) is 1.49. The van der Waals surface area contributed by atoms with E-state index in [0.29, 0.717) is 0 Å². The van der Waals surface area contributed by atoms with Gasteiger partial charge in [0, 0.05) is 7.11 Å². The smallest absolute Gasteiger partial charge is 0.181 e. The normalized spacial score (nSPS) is 9.89. The van der Waals surface area contributed by atoms with Crippen LogP contribution in [0.25, 0.3) is 0 Å². The summed E-state index contributed by atoms with van der Waals surface area (Å²) >= 11 is 0. The second kappa shape index (κ2) is 5.25. The van der Waals surface area contributed by atoms with E-state index >= 15 is 0 Å². The van der Waals surface area contributed by atoms with Gasteiger partial charge in [0.15, 0.2) is 5.78 Å². The number of hydrogen-bond acceptors (Lipinski definition) is 2. The molecular formula is C7H10O2. The summed E-state index contributed by atoms with van der Waals surface area (Å²) in [5.74, 6) is -0.0441. The van der Waals surface area contributed by atoms with Crippen LogP contribution in [0, 0.1) is 0 Å². The molecule has 0 saturated carbocycles. The zero-order valence-corrected chi connectivity index (χ0v) is 5.46. The lowest BCUT2D eigenvalue weighted by molar-refractivity contribution is -0.118. The van der Waals surface area contributed by atoms with Gasteiger partial charge in [0.05, 0.1) is 0 Å². The molecule has 0 atom stereocenters. The van der Waals surface area contributed by atoms with E-state index in [2.05, 4.69) is 11.3 Å². The largest absolute Gasteiger partial charge is 0.377 e. The quantitative estimate of drug-likeness (QED) is 0.414. The van der Waals surface area contributed by atoms with Crippen LogP contribution in [0.5, 0.6) is 0 Å². The van der Waals surface area contributed by atoms with Crippen LogP contribution in [-0.4, -0.2) is 19.5 Å². The Balaban J connectivity index is 3.49. The molecule has 0 aromatic heterocycles. The molecule has 0 rings (SSSR count). The van der Waals surface area contributed by atoms with Crippen molar-refractivity contribution in [2.45, 2.75) is 0 Å². The minimum atomic E-state index is -0.0441. The Labute approximate surface area is 54.8 Å². The molecule has 0 amide bonds. The maximum Gasteiger partial charge on any atom is 0.181 e. The minimum absolute atomic E-state index is 0.0441. The highest BCUT2D eigenvalue weighted by atomic mass is 16.5. The highest BCUT2D eigenvalue weighted by molar-refractivity contribution is 5.90. The first-order valence-electron chi connectivity index (χ1n) is 2.62. The van der Waals surface area contributed by atoms with E-state index in [1.807, 2.05) is 0 Å². The molecule has 0 bridgehead atoms. The van der Waals surface area contributed by atoms with Crippen LogP contribution in [0.3, 0.4) is 0 Å². The Morgan fingerprint density at radius 1 is 1.78 bits per heavy atom. The molecule has 0 unspecified atom stereocenters. The molecule has 0 aromatic rings. The van der Waals surface area contributed by atoms with Gasteiger partial charge >= 0.3 is 0 Å². The number of allylic oxidation sites excluding steroid dienone is 2. The van der Waals surface area contributed by atoms with Gasteiger partial charge in [-0.05, 0) is 6.08 Å². The summed E-state index contributed by atoms with van der Waals surface area (Å²) in [6, 6.07) is 0. The van der Waals surface area contributed by atoms with Crippen LogP contribution >= 0.6 is 0 Å². The van der Waals surface area contributed by atoms with E-state index in [9.17, 15) is 4.79 Å². The SMILES string of the molecule is C=C/C=C/C(=O)COC. The van der Waals surface area contributed by atoms with E-state index in [1.54, 1.807) is 12.2 Å². The molecule has 0 aliphatic rings. The summed E-state index contributed by atoms with van der Waals surface area (Å²) in [4.78, 5) is 10.5. The molecule has 9 heavy (non-hydrogen) atoms. The van der Waals surface area contributed by atoms with Gasteiger partial charge in [-0.15, -0.1) is 0 Å². The summed E-state index contributed by atoms with van der Waals surface area (Å²) < 4.78 is 4.57. The molecule has 0 saturated heterocycles. The minimum Gasteiger partial charge on any atom is -0.377 e. The first-order valence-corrected chi connectivity index (χ1v) is 2.62. The number of ether oxygens (including phenoxy) is 1. The topological polar surface area (TPSA) is 26.3 Å². The van der Waals surface area contributed by atoms with Crippen LogP contribution in [0.2, 0.25) is 0 Å². The summed E-state index contributed by atoms with van der Waals surface area (Å²) in [6.45, 7) is 3.56. The number of carbonyl (C=O) groups is 1. The third-order valence-corrected chi connectivity index (χ3v) is 0.705. The van der Waals surface area contributed by atoms with Crippen LogP contribution < -0.4 is 0 Å². The molecule has 50 valence electrons. The number of ketones is 1. The van der Waals surface area contributed by atoms with Gasteiger partial charge in [-0.25, -0.2) is 0 Å². The Bertz CT molecular complexity index is 125. The lowest BCUT2D eigenvalue weighted by atomic mass is 10.3. The first-order chi connectivity index (χ1) is 4.31. The molecule has 0 aliphatic carbocycles. The third kappa shape index (κ3) is 4.97. The van der Waals surface area contributed by atoms with Gasteiger partial charge in [-0.3, -0.25) is 4.79 Å². The predicted molar refractivity (Wildman–Crippen MR) is 36.2 cm³/mol. The maximum atomic E-state index is 10.5. The third-order valence-electron chi connectivity index (χ3n) is 0.705. The fraction of sp³-hybridized carbons (Fsp3) is 0.286. The van der Waals surface area contributed by atoms with Crippen molar-refractivity contribution in [1.29, 1.82) is 0 Å². The molecule has 0 N–H and O–H groups in total. The van der Waals surface area contributed by atoms with Gasteiger partial charge in [-0.2, -0.15) is 0 Å². The van der Waals surface area contributed by atoms with Crippen molar-refractivity contribution in [2.75, 3.05) is 13.7 Å². The molecule has 0 fully saturated rings. The molecule has 0 aliphatic heterocycles. The van der Waals surface area contributed by atoms with Crippen LogP contribution in [0.4, 0.5) is 0 Å². The Morgan fingerprint density at radius 2 is 2.44 bits per heavy atom. The zero-order valence-electron chi connectivity index (χ0n) is 5.46. The van der Waals surface area contributed by atoms with Crippen molar-refractivity contribution in [3.8, 4) is 0 Å². The first kappa shape index (κ1) is 8.11. The van der Waals surface area contributed by atoms with E-state index in [0.717, 1.165) is 0 Å². The molecule has 0 heterocycles. The van der Waals surface area contributed by atoms with E-state index < -0.39 is 0 Å². The molecule has 0 spiro atoms. The number of rotatable bonds is 4. The van der Waals surface area contributed by atoms with E-state index in [1.165, 1.54) is 13.2 Å². The second-order valence-electron chi connectivity index (χ2n) is 1.49. The van der Waals surface area contributed by atoms with Crippen LogP contribution in [0.15, 0.2) is 24.8 Å². The van der Waals surface area contributed by atoms with E-state index in [4.69, 9.17) is 0 Å². The fourth-order valence-corrected chi connectivity index (χ4v) is 0.366. The van der Waals surface area contributed by atoms with Crippen molar-refractivity contribution in [2.24, 2.45) is 0 Å². The van der Waals surface area contributed by atoms with E-state index in [-0.39, 0.29) is 12.4 Å². The molecule has 0 radical (unpaired) electrons. The average molecular weight is 126 g/mol. The predicted octanol–water partition coefficient (Wildman–Crippen LogP) is 0.944. The number of carbonyl (C=O) groups excluding carboxylic acids is 1. The maximum absolute atomic E-state index is 10.5. The van der Waals surface area contributed by atoms with Crippen LogP contribution in [-0.2, 0) is 9.53 Å². The van der Waals surface area contributed by atoms with Crippen molar-refractivity contribution in [1.82, 2.24) is 0 Å². The van der Waals surface area contributed by atoms with Crippen molar-refractivity contribution in [3.63, 3.8) is 0 Å². The van der Waals surface area contributed by atoms with Gasteiger partial charge in [0.25, 0.3) is 0 Å². The molecule has 2 heteroatoms. The summed E-state index contributed by atoms with van der Waals surface area (Å²) in [5.41, 5.74) is 0. The molecule has 0 aromatic carbocycles. The Hall–Kier alpha value is -0.890. The Kier molecular flexibility index (Phi) is 4.73. The average Bonchev–Trinajstić information content (AvgIpc) is 1.85. The highest BCUT2D eigenvalue weighted by Crippen LogP contribution is 1.78. The van der Waals surface area contributed by atoms with Gasteiger partial charge in [-0.1, -0.05) is 18.7 Å². The lowest BCUT2D eigenvalue weighted by Crippen LogP contribution is -2.01. The molecular weight excluding hydrogens is 116 g/mol. The molecule has 2 nitrogen and oxygen atoms in total. The monoisotopic (exact) mass is 126 g/mol. The van der Waals surface area contributed by atoms with Gasteiger partial charge in [0.2, 0.25) is 0 Å². The lowest BCUT2D eigenvalue weighted by Gasteiger charge is -1.87. The zero-order chi connectivity index (χ0) is 7.11.